The zero-order chi connectivity index (χ0) is 16.8. The Morgan fingerprint density at radius 3 is 2.62 bits per heavy atom. The second-order valence-corrected chi connectivity index (χ2v) is 5.74. The van der Waals surface area contributed by atoms with Gasteiger partial charge in [0.25, 0.3) is 0 Å². The minimum Gasteiger partial charge on any atom is -0.468 e. The molecule has 2 heterocycles. The van der Waals surface area contributed by atoms with Crippen molar-refractivity contribution in [2.45, 2.75) is 6.04 Å². The molecule has 1 aromatic heterocycles. The summed E-state index contributed by atoms with van der Waals surface area (Å²) >= 11 is 0. The number of rotatable bonds is 7. The topological polar surface area (TPSA) is 54.7 Å². The van der Waals surface area contributed by atoms with Crippen LogP contribution in [0.2, 0.25) is 0 Å². The van der Waals surface area contributed by atoms with E-state index < -0.39 is 0 Å². The summed E-state index contributed by atoms with van der Waals surface area (Å²) in [6.07, 6.45) is 1.66. The Hall–Kier alpha value is -2.02. The van der Waals surface area contributed by atoms with E-state index in [4.69, 9.17) is 9.15 Å². The van der Waals surface area contributed by atoms with E-state index in [9.17, 15) is 9.18 Å². The first-order chi connectivity index (χ1) is 11.7. The molecule has 1 aliphatic heterocycles. The Bertz CT molecular complexity index is 637. The SMILES string of the molecule is O=C(CNCC(c1ccco1)N1CCOCC1)c1ccc(F)cc1. The van der Waals surface area contributed by atoms with E-state index in [1.54, 1.807) is 6.26 Å². The first-order valence-electron chi connectivity index (χ1n) is 8.09. The van der Waals surface area contributed by atoms with E-state index in [1.807, 2.05) is 12.1 Å². The molecule has 0 aliphatic carbocycles. The molecule has 1 atom stereocenters. The summed E-state index contributed by atoms with van der Waals surface area (Å²) in [6.45, 7) is 3.86. The molecule has 3 rings (SSSR count). The second kappa shape index (κ2) is 8.19. The Morgan fingerprint density at radius 2 is 1.96 bits per heavy atom. The van der Waals surface area contributed by atoms with Crippen molar-refractivity contribution in [1.29, 1.82) is 0 Å². The summed E-state index contributed by atoms with van der Waals surface area (Å²) in [5, 5.41) is 3.20. The molecule has 0 radical (unpaired) electrons. The van der Waals surface area contributed by atoms with Crippen molar-refractivity contribution in [1.82, 2.24) is 10.2 Å². The van der Waals surface area contributed by atoms with Crippen molar-refractivity contribution in [2.75, 3.05) is 39.4 Å². The number of hydrogen-bond donors (Lipinski definition) is 1. The molecule has 0 bridgehead atoms. The molecule has 0 saturated carbocycles. The second-order valence-electron chi connectivity index (χ2n) is 5.74. The Labute approximate surface area is 140 Å². The maximum atomic E-state index is 12.9. The van der Waals surface area contributed by atoms with Crippen LogP contribution in [0.15, 0.2) is 47.1 Å². The van der Waals surface area contributed by atoms with E-state index in [0.717, 1.165) is 18.8 Å². The number of carbonyl (C=O) groups is 1. The van der Waals surface area contributed by atoms with Gasteiger partial charge in [-0.1, -0.05) is 0 Å². The van der Waals surface area contributed by atoms with E-state index in [1.165, 1.54) is 24.3 Å². The Balaban J connectivity index is 1.57. The minimum atomic E-state index is -0.343. The Kier molecular flexibility index (Phi) is 5.74. The van der Waals surface area contributed by atoms with E-state index in [-0.39, 0.29) is 24.2 Å². The van der Waals surface area contributed by atoms with E-state index >= 15 is 0 Å². The number of nitrogens with zero attached hydrogens (tertiary/aromatic N) is 1. The van der Waals surface area contributed by atoms with Crippen LogP contribution in [0.5, 0.6) is 0 Å². The highest BCUT2D eigenvalue weighted by molar-refractivity contribution is 5.97. The van der Waals surface area contributed by atoms with Crippen LogP contribution in [0, 0.1) is 5.82 Å². The number of carbonyl (C=O) groups excluding carboxylic acids is 1. The average molecular weight is 332 g/mol. The van der Waals surface area contributed by atoms with Crippen molar-refractivity contribution in [2.24, 2.45) is 0 Å². The van der Waals surface area contributed by atoms with E-state index in [0.29, 0.717) is 25.3 Å². The molecule has 1 aliphatic rings. The average Bonchev–Trinajstić information content (AvgIpc) is 3.14. The van der Waals surface area contributed by atoms with Gasteiger partial charge in [-0.2, -0.15) is 0 Å². The van der Waals surface area contributed by atoms with Gasteiger partial charge in [-0.3, -0.25) is 9.69 Å². The number of ether oxygens (including phenoxy) is 1. The normalized spacial score (nSPS) is 16.9. The highest BCUT2D eigenvalue weighted by atomic mass is 19.1. The fourth-order valence-electron chi connectivity index (χ4n) is 2.84. The summed E-state index contributed by atoms with van der Waals surface area (Å²) in [5.41, 5.74) is 0.504. The fraction of sp³-hybridized carbons (Fsp3) is 0.389. The lowest BCUT2D eigenvalue weighted by Gasteiger charge is -2.33. The standard InChI is InChI=1S/C18H21FN2O3/c19-15-5-3-14(4-6-15)17(22)13-20-12-16(18-2-1-9-24-18)21-7-10-23-11-8-21/h1-6,9,16,20H,7-8,10-13H2. The van der Waals surface area contributed by atoms with Crippen LogP contribution >= 0.6 is 0 Å². The quantitative estimate of drug-likeness (QED) is 0.788. The molecule has 5 nitrogen and oxygen atoms in total. The zero-order valence-corrected chi connectivity index (χ0v) is 13.4. The van der Waals surface area contributed by atoms with Gasteiger partial charge in [0.15, 0.2) is 5.78 Å². The predicted molar refractivity (Wildman–Crippen MR) is 87.4 cm³/mol. The van der Waals surface area contributed by atoms with Crippen LogP contribution in [0.25, 0.3) is 0 Å². The highest BCUT2D eigenvalue weighted by Gasteiger charge is 2.24. The largest absolute Gasteiger partial charge is 0.468 e. The molecule has 1 fully saturated rings. The van der Waals surface area contributed by atoms with Crippen molar-refractivity contribution in [3.63, 3.8) is 0 Å². The zero-order valence-electron chi connectivity index (χ0n) is 13.4. The molecule has 0 amide bonds. The maximum Gasteiger partial charge on any atom is 0.176 e. The third kappa shape index (κ3) is 4.29. The lowest BCUT2D eigenvalue weighted by molar-refractivity contribution is 0.0118. The van der Waals surface area contributed by atoms with Gasteiger partial charge in [-0.15, -0.1) is 0 Å². The molecule has 24 heavy (non-hydrogen) atoms. The smallest absolute Gasteiger partial charge is 0.176 e. The summed E-state index contributed by atoms with van der Waals surface area (Å²) in [7, 11) is 0. The van der Waals surface area contributed by atoms with Gasteiger partial charge in [0.2, 0.25) is 0 Å². The molecule has 1 unspecified atom stereocenters. The summed E-state index contributed by atoms with van der Waals surface area (Å²) in [4.78, 5) is 14.4. The van der Waals surface area contributed by atoms with Gasteiger partial charge in [0.1, 0.15) is 11.6 Å². The molecular weight excluding hydrogens is 311 g/mol. The third-order valence-electron chi connectivity index (χ3n) is 4.15. The van der Waals surface area contributed by atoms with Gasteiger partial charge in [0, 0.05) is 25.2 Å². The van der Waals surface area contributed by atoms with Gasteiger partial charge in [0.05, 0.1) is 32.1 Å². The first kappa shape index (κ1) is 16.8. The molecule has 6 heteroatoms. The number of Topliss-reactive ketones (excluding diaryl/α,β-unsaturated/α-hetero) is 1. The van der Waals surface area contributed by atoms with Crippen molar-refractivity contribution in [3.05, 3.63) is 59.8 Å². The molecule has 1 N–H and O–H groups in total. The number of morpholine rings is 1. The number of hydrogen-bond acceptors (Lipinski definition) is 5. The lowest BCUT2D eigenvalue weighted by atomic mass is 10.1. The summed E-state index contributed by atoms with van der Waals surface area (Å²) in [6, 6.07) is 9.48. The number of furan rings is 1. The molecule has 128 valence electrons. The molecule has 0 spiro atoms. The van der Waals surface area contributed by atoms with Crippen molar-refractivity contribution < 1.29 is 18.3 Å². The number of benzene rings is 1. The number of halogens is 1. The lowest BCUT2D eigenvalue weighted by Crippen LogP contribution is -2.43. The van der Waals surface area contributed by atoms with Gasteiger partial charge >= 0.3 is 0 Å². The van der Waals surface area contributed by atoms with Crippen molar-refractivity contribution in [3.8, 4) is 0 Å². The van der Waals surface area contributed by atoms with Crippen LogP contribution in [0.4, 0.5) is 4.39 Å². The van der Waals surface area contributed by atoms with Gasteiger partial charge in [-0.25, -0.2) is 4.39 Å². The summed E-state index contributed by atoms with van der Waals surface area (Å²) in [5.74, 6) is 0.471. The predicted octanol–water partition coefficient (Wildman–Crippen LogP) is 2.26. The summed E-state index contributed by atoms with van der Waals surface area (Å²) < 4.78 is 23.9. The molecular formula is C18H21FN2O3. The fourth-order valence-corrected chi connectivity index (χ4v) is 2.84. The minimum absolute atomic E-state index is 0.0600. The van der Waals surface area contributed by atoms with E-state index in [2.05, 4.69) is 10.2 Å². The van der Waals surface area contributed by atoms with Crippen molar-refractivity contribution >= 4 is 5.78 Å². The van der Waals surface area contributed by atoms with Crippen LogP contribution in [0.3, 0.4) is 0 Å². The van der Waals surface area contributed by atoms with Crippen LogP contribution < -0.4 is 5.32 Å². The van der Waals surface area contributed by atoms with Crippen LogP contribution in [-0.2, 0) is 4.74 Å². The van der Waals surface area contributed by atoms with Crippen LogP contribution in [0.1, 0.15) is 22.2 Å². The van der Waals surface area contributed by atoms with Crippen LogP contribution in [-0.4, -0.2) is 50.1 Å². The molecule has 2 aromatic rings. The monoisotopic (exact) mass is 332 g/mol. The number of nitrogens with one attached hydrogen (secondary N) is 1. The first-order valence-corrected chi connectivity index (χ1v) is 8.09. The highest BCUT2D eigenvalue weighted by Crippen LogP contribution is 2.21. The number of ketones is 1. The maximum absolute atomic E-state index is 12.9. The third-order valence-corrected chi connectivity index (χ3v) is 4.15. The molecule has 1 aromatic carbocycles. The Morgan fingerprint density at radius 1 is 1.21 bits per heavy atom. The molecule has 1 saturated heterocycles. The van der Waals surface area contributed by atoms with Gasteiger partial charge < -0.3 is 14.5 Å². The van der Waals surface area contributed by atoms with Gasteiger partial charge in [-0.05, 0) is 36.4 Å².